The van der Waals surface area contributed by atoms with Crippen molar-refractivity contribution in [1.82, 2.24) is 0 Å². The van der Waals surface area contributed by atoms with Crippen molar-refractivity contribution in [2.75, 3.05) is 0 Å². The number of Topliss-reactive ketones (excluding diaryl/α,β-unsaturated/α-hetero) is 2. The molecule has 3 heteroatoms. The van der Waals surface area contributed by atoms with E-state index in [0.717, 1.165) is 19.3 Å². The van der Waals surface area contributed by atoms with Crippen LogP contribution in [0, 0.1) is 11.7 Å². The summed E-state index contributed by atoms with van der Waals surface area (Å²) in [4.78, 5) is 23.6. The summed E-state index contributed by atoms with van der Waals surface area (Å²) in [6.45, 7) is 4.27. The molecule has 0 aliphatic heterocycles. The number of ketones is 2. The lowest BCUT2D eigenvalue weighted by atomic mass is 9.95. The second kappa shape index (κ2) is 8.62. The van der Waals surface area contributed by atoms with Crippen molar-refractivity contribution in [2.45, 2.75) is 52.4 Å². The van der Waals surface area contributed by atoms with Gasteiger partial charge in [-0.15, -0.1) is 0 Å². The Kier molecular flexibility index (Phi) is 7.13. The molecule has 0 N–H and O–H groups in total. The third kappa shape index (κ3) is 5.64. The van der Waals surface area contributed by atoms with Gasteiger partial charge in [-0.2, -0.15) is 0 Å². The quantitative estimate of drug-likeness (QED) is 0.620. The summed E-state index contributed by atoms with van der Waals surface area (Å²) in [6, 6.07) is 5.46. The van der Waals surface area contributed by atoms with E-state index in [1.807, 2.05) is 0 Å². The molecule has 0 amide bonds. The van der Waals surface area contributed by atoms with Crippen molar-refractivity contribution in [1.29, 1.82) is 0 Å². The Bertz CT molecular complexity index is 433. The van der Waals surface area contributed by atoms with E-state index in [1.54, 1.807) is 0 Å². The van der Waals surface area contributed by atoms with Crippen LogP contribution < -0.4 is 0 Å². The smallest absolute Gasteiger partial charge is 0.163 e. The van der Waals surface area contributed by atoms with Crippen LogP contribution in [0.5, 0.6) is 0 Å². The lowest BCUT2D eigenvalue weighted by Gasteiger charge is -2.10. The van der Waals surface area contributed by atoms with Crippen LogP contribution in [0.1, 0.15) is 62.7 Å². The van der Waals surface area contributed by atoms with Gasteiger partial charge in [0.15, 0.2) is 5.78 Å². The fourth-order valence-corrected chi connectivity index (χ4v) is 2.22. The van der Waals surface area contributed by atoms with Crippen LogP contribution in [0.4, 0.5) is 4.39 Å². The number of benzene rings is 1. The number of hydrogen-bond acceptors (Lipinski definition) is 2. The largest absolute Gasteiger partial charge is 0.300 e. The monoisotopic (exact) mass is 278 g/mol. The molecule has 0 aliphatic carbocycles. The minimum absolute atomic E-state index is 0.0964. The van der Waals surface area contributed by atoms with Gasteiger partial charge in [0.25, 0.3) is 0 Å². The van der Waals surface area contributed by atoms with Crippen molar-refractivity contribution in [3.8, 4) is 0 Å². The topological polar surface area (TPSA) is 34.1 Å². The van der Waals surface area contributed by atoms with Crippen molar-refractivity contribution in [3.63, 3.8) is 0 Å². The lowest BCUT2D eigenvalue weighted by molar-refractivity contribution is -0.119. The molecule has 0 saturated heterocycles. The Hall–Kier alpha value is -1.51. The SMILES string of the molecule is CCC(CC)CCC(=O)CCC(=O)c1ccc(F)cc1. The van der Waals surface area contributed by atoms with E-state index in [2.05, 4.69) is 13.8 Å². The molecule has 0 saturated carbocycles. The van der Waals surface area contributed by atoms with Crippen molar-refractivity contribution < 1.29 is 14.0 Å². The lowest BCUT2D eigenvalue weighted by Crippen LogP contribution is -2.07. The van der Waals surface area contributed by atoms with Crippen LogP contribution in [-0.2, 0) is 4.79 Å². The van der Waals surface area contributed by atoms with Crippen LogP contribution in [-0.4, -0.2) is 11.6 Å². The van der Waals surface area contributed by atoms with E-state index in [9.17, 15) is 14.0 Å². The average Bonchev–Trinajstić information content (AvgIpc) is 2.46. The van der Waals surface area contributed by atoms with Gasteiger partial charge in [-0.3, -0.25) is 9.59 Å². The minimum atomic E-state index is -0.359. The molecule has 20 heavy (non-hydrogen) atoms. The van der Waals surface area contributed by atoms with E-state index in [-0.39, 0.29) is 30.2 Å². The number of carbonyl (C=O) groups is 2. The summed E-state index contributed by atoms with van der Waals surface area (Å²) < 4.78 is 12.7. The maximum Gasteiger partial charge on any atom is 0.163 e. The van der Waals surface area contributed by atoms with Gasteiger partial charge in [0.2, 0.25) is 0 Å². The first-order valence-corrected chi connectivity index (χ1v) is 7.37. The van der Waals surface area contributed by atoms with Gasteiger partial charge in [0.1, 0.15) is 11.6 Å². The molecule has 0 fully saturated rings. The Morgan fingerprint density at radius 1 is 1.00 bits per heavy atom. The highest BCUT2D eigenvalue weighted by Crippen LogP contribution is 2.16. The van der Waals surface area contributed by atoms with Gasteiger partial charge in [0, 0.05) is 24.8 Å². The molecule has 1 aromatic rings. The highest BCUT2D eigenvalue weighted by atomic mass is 19.1. The van der Waals surface area contributed by atoms with Gasteiger partial charge < -0.3 is 0 Å². The summed E-state index contributed by atoms with van der Waals surface area (Å²) in [6.07, 6.45) is 4.17. The average molecular weight is 278 g/mol. The predicted molar refractivity (Wildman–Crippen MR) is 78.3 cm³/mol. The van der Waals surface area contributed by atoms with Crippen LogP contribution >= 0.6 is 0 Å². The normalized spacial score (nSPS) is 10.8. The minimum Gasteiger partial charge on any atom is -0.300 e. The second-order valence-electron chi connectivity index (χ2n) is 5.19. The molecule has 0 aliphatic rings. The maximum absolute atomic E-state index is 12.7. The fraction of sp³-hybridized carbons (Fsp3) is 0.529. The van der Waals surface area contributed by atoms with E-state index >= 15 is 0 Å². The van der Waals surface area contributed by atoms with E-state index in [0.29, 0.717) is 17.9 Å². The van der Waals surface area contributed by atoms with Gasteiger partial charge in [0.05, 0.1) is 0 Å². The number of carbonyl (C=O) groups excluding carboxylic acids is 2. The summed E-state index contributed by atoms with van der Waals surface area (Å²) in [7, 11) is 0. The molecule has 110 valence electrons. The second-order valence-corrected chi connectivity index (χ2v) is 5.19. The molecule has 2 nitrogen and oxygen atoms in total. The third-order valence-corrected chi connectivity index (χ3v) is 3.78. The molecule has 0 heterocycles. The first-order valence-electron chi connectivity index (χ1n) is 7.37. The zero-order valence-corrected chi connectivity index (χ0v) is 12.3. The van der Waals surface area contributed by atoms with Crippen molar-refractivity contribution in [2.24, 2.45) is 5.92 Å². The fourth-order valence-electron chi connectivity index (χ4n) is 2.22. The molecule has 0 aromatic heterocycles. The predicted octanol–water partition coefficient (Wildman–Crippen LogP) is 4.57. The first kappa shape index (κ1) is 16.5. The van der Waals surface area contributed by atoms with Gasteiger partial charge in [-0.25, -0.2) is 4.39 Å². The Labute approximate surface area is 120 Å². The van der Waals surface area contributed by atoms with Gasteiger partial charge >= 0.3 is 0 Å². The number of halogens is 1. The molecule has 0 unspecified atom stereocenters. The Morgan fingerprint density at radius 2 is 1.60 bits per heavy atom. The zero-order chi connectivity index (χ0) is 15.0. The van der Waals surface area contributed by atoms with Crippen molar-refractivity contribution in [3.05, 3.63) is 35.6 Å². The summed E-state index contributed by atoms with van der Waals surface area (Å²) in [5, 5.41) is 0. The zero-order valence-electron chi connectivity index (χ0n) is 12.3. The molecular formula is C17H23FO2. The summed E-state index contributed by atoms with van der Waals surface area (Å²) >= 11 is 0. The van der Waals surface area contributed by atoms with E-state index in [4.69, 9.17) is 0 Å². The van der Waals surface area contributed by atoms with Gasteiger partial charge in [-0.05, 0) is 36.6 Å². The van der Waals surface area contributed by atoms with Crippen LogP contribution in [0.3, 0.4) is 0 Å². The first-order chi connectivity index (χ1) is 9.56. The van der Waals surface area contributed by atoms with Crippen LogP contribution in [0.2, 0.25) is 0 Å². The molecule has 0 radical (unpaired) electrons. The highest BCUT2D eigenvalue weighted by Gasteiger charge is 2.11. The molecule has 0 bridgehead atoms. The molecule has 0 atom stereocenters. The highest BCUT2D eigenvalue weighted by molar-refractivity contribution is 5.98. The molecule has 1 aromatic carbocycles. The standard InChI is InChI=1S/C17H23FO2/c1-3-13(4-2)5-10-16(19)11-12-17(20)14-6-8-15(18)9-7-14/h6-9,13H,3-5,10-12H2,1-2H3. The Balaban J connectivity index is 2.33. The van der Waals surface area contributed by atoms with Gasteiger partial charge in [-0.1, -0.05) is 26.7 Å². The van der Waals surface area contributed by atoms with Crippen molar-refractivity contribution >= 4 is 11.6 Å². The maximum atomic E-state index is 12.7. The third-order valence-electron chi connectivity index (χ3n) is 3.78. The van der Waals surface area contributed by atoms with Crippen LogP contribution in [0.15, 0.2) is 24.3 Å². The van der Waals surface area contributed by atoms with E-state index in [1.165, 1.54) is 24.3 Å². The Morgan fingerprint density at radius 3 is 2.15 bits per heavy atom. The number of rotatable bonds is 9. The summed E-state index contributed by atoms with van der Waals surface area (Å²) in [5.74, 6) is 0.294. The molecule has 0 spiro atoms. The van der Waals surface area contributed by atoms with Crippen LogP contribution in [0.25, 0.3) is 0 Å². The molecular weight excluding hydrogens is 255 g/mol. The van der Waals surface area contributed by atoms with E-state index < -0.39 is 0 Å². The summed E-state index contributed by atoms with van der Waals surface area (Å²) in [5.41, 5.74) is 0.471. The molecule has 1 rings (SSSR count). The number of hydrogen-bond donors (Lipinski definition) is 0.